The number of hydrogen-bond acceptors (Lipinski definition) is 8. The van der Waals surface area contributed by atoms with Crippen LogP contribution in [0.1, 0.15) is 38.3 Å². The molecule has 0 spiro atoms. The highest BCUT2D eigenvalue weighted by molar-refractivity contribution is 7.46. The van der Waals surface area contributed by atoms with Crippen molar-refractivity contribution in [3.8, 4) is 5.75 Å². The van der Waals surface area contributed by atoms with E-state index in [9.17, 15) is 33.3 Å². The minimum Gasteiger partial charge on any atom is -0.404 e. The quantitative estimate of drug-likeness (QED) is 0.0911. The van der Waals surface area contributed by atoms with Crippen LogP contribution in [0.25, 0.3) is 0 Å². The largest absolute Gasteiger partial charge is 0.524 e. The Balaban J connectivity index is 2.06. The van der Waals surface area contributed by atoms with Crippen molar-refractivity contribution in [2.75, 3.05) is 13.1 Å². The molecule has 0 saturated heterocycles. The van der Waals surface area contributed by atoms with E-state index in [1.807, 2.05) is 6.92 Å². The van der Waals surface area contributed by atoms with Crippen LogP contribution in [0.3, 0.4) is 0 Å². The molecule has 0 bridgehead atoms. The lowest BCUT2D eigenvalue weighted by molar-refractivity contribution is -0.133. The molecular weight excluding hydrogens is 635 g/mol. The number of hydrogen-bond donors (Lipinski definition) is 8. The number of nitrogens with two attached hydrogens (primary N) is 1. The second kappa shape index (κ2) is 18.4. The first-order valence-corrected chi connectivity index (χ1v) is 16.2. The van der Waals surface area contributed by atoms with Crippen molar-refractivity contribution < 1.29 is 47.6 Å². The number of amides is 6. The SMILES string of the molecule is CC[C@H](C)[C@H](NC(C)=O)C(=O)N[C@H](Cc1ccc(OP(=O)(O)O)cc1)C(=O)NCC(=O)NCC(=O)N[C@@H](Cc1ccccc1)C(N)=O. The molecule has 0 aliphatic rings. The van der Waals surface area contributed by atoms with Crippen LogP contribution < -0.4 is 36.8 Å². The van der Waals surface area contributed by atoms with Gasteiger partial charge in [-0.15, -0.1) is 0 Å². The number of primary amides is 1. The molecule has 0 aliphatic heterocycles. The van der Waals surface area contributed by atoms with Gasteiger partial charge in [-0.25, -0.2) is 4.57 Å². The summed E-state index contributed by atoms with van der Waals surface area (Å²) in [4.78, 5) is 92.9. The second-order valence-electron chi connectivity index (χ2n) is 10.8. The third-order valence-corrected chi connectivity index (χ3v) is 7.35. The summed E-state index contributed by atoms with van der Waals surface area (Å²) in [5.74, 6) is -4.46. The third kappa shape index (κ3) is 14.5. The van der Waals surface area contributed by atoms with E-state index in [1.54, 1.807) is 37.3 Å². The highest BCUT2D eigenvalue weighted by Crippen LogP contribution is 2.37. The van der Waals surface area contributed by atoms with Crippen LogP contribution in [0.15, 0.2) is 54.6 Å². The van der Waals surface area contributed by atoms with E-state index in [1.165, 1.54) is 31.2 Å². The molecule has 0 unspecified atom stereocenters. The van der Waals surface area contributed by atoms with Crippen LogP contribution in [-0.2, 0) is 46.2 Å². The Morgan fingerprint density at radius 1 is 0.787 bits per heavy atom. The van der Waals surface area contributed by atoms with E-state index in [0.717, 1.165) is 5.56 Å². The molecule has 0 radical (unpaired) electrons. The fourth-order valence-corrected chi connectivity index (χ4v) is 4.70. The fraction of sp³-hybridized carbons (Fsp3) is 0.400. The summed E-state index contributed by atoms with van der Waals surface area (Å²) in [6, 6.07) is 11.1. The van der Waals surface area contributed by atoms with E-state index in [4.69, 9.17) is 15.5 Å². The van der Waals surface area contributed by atoms with E-state index >= 15 is 0 Å². The average Bonchev–Trinajstić information content (AvgIpc) is 3.00. The summed E-state index contributed by atoms with van der Waals surface area (Å²) in [7, 11) is -4.80. The Bertz CT molecular complexity index is 1450. The van der Waals surface area contributed by atoms with Crippen molar-refractivity contribution >= 4 is 43.3 Å². The third-order valence-electron chi connectivity index (χ3n) is 6.91. The molecule has 0 aromatic heterocycles. The lowest BCUT2D eigenvalue weighted by Crippen LogP contribution is -2.56. The Hall–Kier alpha value is -4.79. The first-order chi connectivity index (χ1) is 22.1. The van der Waals surface area contributed by atoms with Gasteiger partial charge in [0.2, 0.25) is 35.4 Å². The number of benzene rings is 2. The zero-order chi connectivity index (χ0) is 35.1. The van der Waals surface area contributed by atoms with E-state index in [-0.39, 0.29) is 24.5 Å². The van der Waals surface area contributed by atoms with E-state index in [2.05, 4.69) is 31.1 Å². The molecule has 17 heteroatoms. The first kappa shape index (κ1) is 38.4. The zero-order valence-corrected chi connectivity index (χ0v) is 27.1. The van der Waals surface area contributed by atoms with Gasteiger partial charge in [0, 0.05) is 19.8 Å². The van der Waals surface area contributed by atoms with Crippen LogP contribution >= 0.6 is 7.82 Å². The maximum absolute atomic E-state index is 13.2. The highest BCUT2D eigenvalue weighted by atomic mass is 31.2. The average molecular weight is 677 g/mol. The number of rotatable bonds is 18. The minimum atomic E-state index is -4.80. The summed E-state index contributed by atoms with van der Waals surface area (Å²) in [5, 5.41) is 12.4. The summed E-state index contributed by atoms with van der Waals surface area (Å²) in [5.41, 5.74) is 6.64. The molecular formula is C30H41N6O10P. The normalized spacial score (nSPS) is 13.6. The Kier molecular flexibility index (Phi) is 15.0. The lowest BCUT2D eigenvalue weighted by atomic mass is 9.97. The van der Waals surface area contributed by atoms with Crippen LogP contribution in [0.4, 0.5) is 0 Å². The van der Waals surface area contributed by atoms with Crippen LogP contribution in [0.5, 0.6) is 5.75 Å². The molecule has 2 aromatic rings. The van der Waals surface area contributed by atoms with Gasteiger partial charge in [0.15, 0.2) is 0 Å². The van der Waals surface area contributed by atoms with Gasteiger partial charge in [-0.3, -0.25) is 38.6 Å². The van der Waals surface area contributed by atoms with Crippen LogP contribution in [-0.4, -0.2) is 76.4 Å². The molecule has 0 heterocycles. The van der Waals surface area contributed by atoms with Gasteiger partial charge < -0.3 is 36.8 Å². The van der Waals surface area contributed by atoms with Crippen molar-refractivity contribution in [2.45, 2.75) is 58.2 Å². The molecule has 2 aromatic carbocycles. The lowest BCUT2D eigenvalue weighted by Gasteiger charge is -2.26. The second-order valence-corrected chi connectivity index (χ2v) is 11.9. The molecule has 47 heavy (non-hydrogen) atoms. The zero-order valence-electron chi connectivity index (χ0n) is 26.2. The number of carbonyl (C=O) groups excluding carboxylic acids is 6. The van der Waals surface area contributed by atoms with Gasteiger partial charge in [-0.2, -0.15) is 0 Å². The van der Waals surface area contributed by atoms with Crippen molar-refractivity contribution in [3.05, 3.63) is 65.7 Å². The van der Waals surface area contributed by atoms with E-state index < -0.39 is 74.5 Å². The van der Waals surface area contributed by atoms with Gasteiger partial charge in [0.05, 0.1) is 13.1 Å². The maximum atomic E-state index is 13.2. The molecule has 6 amide bonds. The van der Waals surface area contributed by atoms with Gasteiger partial charge in [-0.1, -0.05) is 62.7 Å². The standard InChI is InChI=1S/C30H41N6O10P/c1-4-18(2)27(34-19(3)37)30(42)36-24(15-21-10-12-22(13-11-21)46-47(43,44)45)29(41)33-16-25(38)32-17-26(39)35-23(28(31)40)14-20-8-6-5-7-9-20/h5-13,18,23-24,27H,4,14-17H2,1-3H3,(H2,31,40)(H,32,38)(H,33,41)(H,34,37)(H,35,39)(H,36,42)(H2,43,44,45)/t18-,23-,24+,27-/m0/s1. The van der Waals surface area contributed by atoms with E-state index in [0.29, 0.717) is 12.0 Å². The number of nitrogens with one attached hydrogen (secondary N) is 5. The summed E-state index contributed by atoms with van der Waals surface area (Å²) in [6.45, 7) is 3.75. The van der Waals surface area contributed by atoms with Crippen molar-refractivity contribution in [2.24, 2.45) is 11.7 Å². The number of phosphoric acid groups is 1. The topological polar surface area (TPSA) is 255 Å². The monoisotopic (exact) mass is 676 g/mol. The highest BCUT2D eigenvalue weighted by Gasteiger charge is 2.30. The smallest absolute Gasteiger partial charge is 0.404 e. The molecule has 2 rings (SSSR count). The molecule has 0 fully saturated rings. The number of phosphoric ester groups is 1. The van der Waals surface area contributed by atoms with Crippen molar-refractivity contribution in [1.29, 1.82) is 0 Å². The van der Waals surface area contributed by atoms with Gasteiger partial charge in [0.25, 0.3) is 0 Å². The van der Waals surface area contributed by atoms with Crippen LogP contribution in [0.2, 0.25) is 0 Å². The van der Waals surface area contributed by atoms with Gasteiger partial charge >= 0.3 is 7.82 Å². The molecule has 4 atom stereocenters. The Labute approximate surface area is 271 Å². The molecule has 0 aliphatic carbocycles. The molecule has 16 nitrogen and oxygen atoms in total. The predicted octanol–water partition coefficient (Wildman–Crippen LogP) is -0.819. The van der Waals surface area contributed by atoms with Crippen molar-refractivity contribution in [1.82, 2.24) is 26.6 Å². The molecule has 9 N–H and O–H groups in total. The first-order valence-electron chi connectivity index (χ1n) is 14.7. The van der Waals surface area contributed by atoms with Crippen LogP contribution in [0, 0.1) is 5.92 Å². The predicted molar refractivity (Wildman–Crippen MR) is 169 cm³/mol. The minimum absolute atomic E-state index is 0.110. The summed E-state index contributed by atoms with van der Waals surface area (Å²) < 4.78 is 15.6. The molecule has 0 saturated carbocycles. The Morgan fingerprint density at radius 2 is 1.36 bits per heavy atom. The number of carbonyl (C=O) groups is 6. The summed E-state index contributed by atoms with van der Waals surface area (Å²) >= 11 is 0. The summed E-state index contributed by atoms with van der Waals surface area (Å²) in [6.07, 6.45) is 0.579. The van der Waals surface area contributed by atoms with Gasteiger partial charge in [-0.05, 0) is 29.2 Å². The van der Waals surface area contributed by atoms with Gasteiger partial charge in [0.1, 0.15) is 23.9 Å². The maximum Gasteiger partial charge on any atom is 0.524 e. The van der Waals surface area contributed by atoms with Crippen molar-refractivity contribution in [3.63, 3.8) is 0 Å². The fourth-order valence-electron chi connectivity index (χ4n) is 4.30. The molecule has 256 valence electrons. The Morgan fingerprint density at radius 3 is 1.91 bits per heavy atom.